The highest BCUT2D eigenvalue weighted by molar-refractivity contribution is 6.06. The highest BCUT2D eigenvalue weighted by Crippen LogP contribution is 2.40. The summed E-state index contributed by atoms with van der Waals surface area (Å²) < 4.78 is 52.7. The molecular formula is C26H23F3N2O6. The number of carbonyl (C=O) groups excluding carboxylic acids is 1. The maximum atomic E-state index is 13.4. The molecule has 1 heterocycles. The summed E-state index contributed by atoms with van der Waals surface area (Å²) in [5.41, 5.74) is 1.50. The van der Waals surface area contributed by atoms with E-state index in [2.05, 4.69) is 4.74 Å². The Morgan fingerprint density at radius 3 is 2.41 bits per heavy atom. The molecule has 1 aliphatic heterocycles. The summed E-state index contributed by atoms with van der Waals surface area (Å²) in [6.45, 7) is 0.857. The molecule has 1 amide bonds. The predicted molar refractivity (Wildman–Crippen MR) is 129 cm³/mol. The standard InChI is InChI=1S/C26H23F3N2O6/c27-26(28,29)37-20-11-9-19(10-12-20)31(25(34)18-5-2-1-3-6-18)14-13-30-15-16-35-24-21(30)7-4-8-22(24)36-17-23(32)33/h1-12H,13-17H2,(H,32,33). The molecule has 1 aliphatic rings. The lowest BCUT2D eigenvalue weighted by Gasteiger charge is -2.34. The number of hydrogen-bond acceptors (Lipinski definition) is 6. The molecule has 11 heteroatoms. The Morgan fingerprint density at radius 1 is 1.00 bits per heavy atom. The van der Waals surface area contributed by atoms with E-state index >= 15 is 0 Å². The smallest absolute Gasteiger partial charge is 0.486 e. The van der Waals surface area contributed by atoms with Crippen LogP contribution < -0.4 is 24.0 Å². The third kappa shape index (κ3) is 6.63. The van der Waals surface area contributed by atoms with Crippen LogP contribution >= 0.6 is 0 Å². The lowest BCUT2D eigenvalue weighted by molar-refractivity contribution is -0.274. The number of fused-ring (bicyclic) bond motifs is 1. The third-order valence-corrected chi connectivity index (χ3v) is 5.50. The topological polar surface area (TPSA) is 88.5 Å². The maximum Gasteiger partial charge on any atom is 0.573 e. The van der Waals surface area contributed by atoms with Crippen molar-refractivity contribution in [1.82, 2.24) is 0 Å². The van der Waals surface area contributed by atoms with E-state index in [-0.39, 0.29) is 18.2 Å². The molecule has 0 radical (unpaired) electrons. The van der Waals surface area contributed by atoms with E-state index in [0.717, 1.165) is 12.1 Å². The van der Waals surface area contributed by atoms with Crippen molar-refractivity contribution in [1.29, 1.82) is 0 Å². The van der Waals surface area contributed by atoms with Gasteiger partial charge in [0.1, 0.15) is 12.4 Å². The molecule has 0 aromatic heterocycles. The van der Waals surface area contributed by atoms with Gasteiger partial charge in [-0.05, 0) is 48.5 Å². The second-order valence-corrected chi connectivity index (χ2v) is 7.99. The first-order chi connectivity index (χ1) is 17.7. The number of carbonyl (C=O) groups is 2. The lowest BCUT2D eigenvalue weighted by atomic mass is 10.1. The van der Waals surface area contributed by atoms with E-state index in [4.69, 9.17) is 14.6 Å². The van der Waals surface area contributed by atoms with Gasteiger partial charge in [-0.3, -0.25) is 4.79 Å². The summed E-state index contributed by atoms with van der Waals surface area (Å²) in [6, 6.07) is 18.8. The van der Waals surface area contributed by atoms with E-state index in [1.165, 1.54) is 17.0 Å². The number of rotatable bonds is 9. The average molecular weight is 516 g/mol. The van der Waals surface area contributed by atoms with Crippen LogP contribution in [0.5, 0.6) is 17.2 Å². The molecule has 0 saturated heterocycles. The van der Waals surface area contributed by atoms with Gasteiger partial charge in [-0.25, -0.2) is 4.79 Å². The van der Waals surface area contributed by atoms with Gasteiger partial charge >= 0.3 is 12.3 Å². The zero-order valence-corrected chi connectivity index (χ0v) is 19.5. The quantitative estimate of drug-likeness (QED) is 0.445. The Balaban J connectivity index is 1.56. The molecule has 1 N–H and O–H groups in total. The molecule has 0 atom stereocenters. The predicted octanol–water partition coefficient (Wildman–Crippen LogP) is 4.59. The van der Waals surface area contributed by atoms with Crippen molar-refractivity contribution in [3.8, 4) is 17.2 Å². The van der Waals surface area contributed by atoms with Gasteiger partial charge in [0.25, 0.3) is 5.91 Å². The number of aliphatic carboxylic acids is 1. The monoisotopic (exact) mass is 516 g/mol. The van der Waals surface area contributed by atoms with Crippen molar-refractivity contribution in [3.05, 3.63) is 78.4 Å². The van der Waals surface area contributed by atoms with Gasteiger partial charge in [0, 0.05) is 24.3 Å². The normalized spacial score (nSPS) is 12.8. The SMILES string of the molecule is O=C(O)COc1cccc2c1OCCN2CCN(C(=O)c1ccccc1)c1ccc(OC(F)(F)F)cc1. The van der Waals surface area contributed by atoms with Crippen LogP contribution in [0.4, 0.5) is 24.5 Å². The third-order valence-electron chi connectivity index (χ3n) is 5.50. The van der Waals surface area contributed by atoms with Crippen LogP contribution in [0.2, 0.25) is 0 Å². The number of hydrogen-bond donors (Lipinski definition) is 1. The van der Waals surface area contributed by atoms with Crippen LogP contribution in [0.25, 0.3) is 0 Å². The number of para-hydroxylation sites is 1. The minimum absolute atomic E-state index is 0.201. The molecule has 0 saturated carbocycles. The largest absolute Gasteiger partial charge is 0.573 e. The fraction of sp³-hybridized carbons (Fsp3) is 0.231. The van der Waals surface area contributed by atoms with Crippen molar-refractivity contribution in [2.45, 2.75) is 6.36 Å². The van der Waals surface area contributed by atoms with Gasteiger partial charge in [-0.1, -0.05) is 24.3 Å². The van der Waals surface area contributed by atoms with Crippen molar-refractivity contribution in [3.63, 3.8) is 0 Å². The Kier molecular flexibility index (Phi) is 7.71. The van der Waals surface area contributed by atoms with Crippen LogP contribution in [0.1, 0.15) is 10.4 Å². The van der Waals surface area contributed by atoms with Crippen molar-refractivity contribution in [2.24, 2.45) is 0 Å². The van der Waals surface area contributed by atoms with Gasteiger partial charge in [-0.2, -0.15) is 0 Å². The lowest BCUT2D eigenvalue weighted by Crippen LogP contribution is -2.41. The summed E-state index contributed by atoms with van der Waals surface area (Å²) in [7, 11) is 0. The highest BCUT2D eigenvalue weighted by Gasteiger charge is 2.31. The van der Waals surface area contributed by atoms with Gasteiger partial charge in [-0.15, -0.1) is 13.2 Å². The maximum absolute atomic E-state index is 13.4. The zero-order valence-electron chi connectivity index (χ0n) is 19.5. The van der Waals surface area contributed by atoms with Crippen LogP contribution in [0, 0.1) is 0 Å². The van der Waals surface area contributed by atoms with E-state index in [1.54, 1.807) is 48.5 Å². The molecule has 3 aromatic rings. The summed E-state index contributed by atoms with van der Waals surface area (Å²) in [4.78, 5) is 27.7. The Morgan fingerprint density at radius 2 is 1.73 bits per heavy atom. The summed E-state index contributed by atoms with van der Waals surface area (Å²) in [5, 5.41) is 8.93. The second kappa shape index (κ2) is 11.1. The van der Waals surface area contributed by atoms with E-state index in [0.29, 0.717) is 48.1 Å². The zero-order chi connectivity index (χ0) is 26.4. The molecule has 37 heavy (non-hydrogen) atoms. The average Bonchev–Trinajstić information content (AvgIpc) is 2.88. The molecule has 4 rings (SSSR count). The van der Waals surface area contributed by atoms with E-state index in [1.807, 2.05) is 4.90 Å². The Hall–Kier alpha value is -4.41. The van der Waals surface area contributed by atoms with Crippen LogP contribution in [0.3, 0.4) is 0 Å². The van der Waals surface area contributed by atoms with Crippen molar-refractivity contribution in [2.75, 3.05) is 42.6 Å². The summed E-state index contributed by atoms with van der Waals surface area (Å²) in [6.07, 6.45) is -4.82. The molecular weight excluding hydrogens is 493 g/mol. The number of benzene rings is 3. The molecule has 0 aliphatic carbocycles. The van der Waals surface area contributed by atoms with Crippen molar-refractivity contribution < 1.29 is 42.1 Å². The minimum atomic E-state index is -4.82. The summed E-state index contributed by atoms with van der Waals surface area (Å²) in [5.74, 6) is -1.13. The van der Waals surface area contributed by atoms with E-state index in [9.17, 15) is 22.8 Å². The number of alkyl halides is 3. The van der Waals surface area contributed by atoms with Gasteiger partial charge in [0.2, 0.25) is 0 Å². The molecule has 0 spiro atoms. The molecule has 8 nitrogen and oxygen atoms in total. The van der Waals surface area contributed by atoms with Crippen LogP contribution in [-0.4, -0.2) is 56.2 Å². The minimum Gasteiger partial charge on any atom is -0.486 e. The van der Waals surface area contributed by atoms with Crippen LogP contribution in [0.15, 0.2) is 72.8 Å². The first kappa shape index (κ1) is 25.7. The number of amides is 1. The highest BCUT2D eigenvalue weighted by atomic mass is 19.4. The van der Waals surface area contributed by atoms with Gasteiger partial charge < -0.3 is 29.1 Å². The Labute approximate surface area is 210 Å². The molecule has 194 valence electrons. The van der Waals surface area contributed by atoms with E-state index < -0.39 is 18.9 Å². The van der Waals surface area contributed by atoms with Crippen LogP contribution in [-0.2, 0) is 4.79 Å². The number of halogens is 3. The number of carboxylic acids is 1. The van der Waals surface area contributed by atoms with Gasteiger partial charge in [0.15, 0.2) is 18.1 Å². The molecule has 0 bridgehead atoms. The fourth-order valence-electron chi connectivity index (χ4n) is 3.90. The summed E-state index contributed by atoms with van der Waals surface area (Å²) >= 11 is 0. The molecule has 3 aromatic carbocycles. The first-order valence-electron chi connectivity index (χ1n) is 11.3. The van der Waals surface area contributed by atoms with Gasteiger partial charge in [0.05, 0.1) is 12.2 Å². The molecule has 0 fully saturated rings. The Bertz CT molecular complexity index is 1240. The van der Waals surface area contributed by atoms with Crippen molar-refractivity contribution >= 4 is 23.3 Å². The fourth-order valence-corrected chi connectivity index (χ4v) is 3.90. The second-order valence-electron chi connectivity index (χ2n) is 7.99. The molecule has 0 unspecified atom stereocenters. The number of carboxylic acid groups (broad SMARTS) is 1. The number of anilines is 2. The number of nitrogens with zero attached hydrogens (tertiary/aromatic N) is 2. The first-order valence-corrected chi connectivity index (χ1v) is 11.3. The number of ether oxygens (including phenoxy) is 3.